The van der Waals surface area contributed by atoms with Gasteiger partial charge >= 0.3 is 0 Å². The number of hydrogen-bond donors (Lipinski definition) is 1. The van der Waals surface area contributed by atoms with E-state index >= 15 is 0 Å². The molecule has 2 fully saturated rings. The van der Waals surface area contributed by atoms with E-state index in [9.17, 15) is 0 Å². The molecule has 106 valence electrons. The third-order valence-corrected chi connectivity index (χ3v) is 5.31. The zero-order valence-electron chi connectivity index (χ0n) is 12.6. The van der Waals surface area contributed by atoms with E-state index in [2.05, 4.69) is 31.1 Å². The standard InChI is InChI=1S/C16H32N2/c1-13-12-16(10-11-18(13)3)17-14(2)15-8-6-4-5-7-9-15/h13-17H,4-12H2,1-3H3/t13?,14-,16?/m0/s1. The predicted molar refractivity (Wildman–Crippen MR) is 78.9 cm³/mol. The average Bonchev–Trinajstić information content (AvgIpc) is 2.62. The Morgan fingerprint density at radius 1 is 1.06 bits per heavy atom. The first kappa shape index (κ1) is 14.3. The van der Waals surface area contributed by atoms with E-state index in [1.807, 2.05) is 0 Å². The van der Waals surface area contributed by atoms with Gasteiger partial charge in [0.05, 0.1) is 0 Å². The molecule has 0 spiro atoms. The van der Waals surface area contributed by atoms with Crippen molar-refractivity contribution in [3.8, 4) is 0 Å². The number of likely N-dealkylation sites (tertiary alicyclic amines) is 1. The van der Waals surface area contributed by atoms with Crippen molar-refractivity contribution in [1.29, 1.82) is 0 Å². The second kappa shape index (κ2) is 6.91. The third kappa shape index (κ3) is 3.96. The van der Waals surface area contributed by atoms with Crippen LogP contribution in [0.3, 0.4) is 0 Å². The monoisotopic (exact) mass is 252 g/mol. The summed E-state index contributed by atoms with van der Waals surface area (Å²) in [5.41, 5.74) is 0. The van der Waals surface area contributed by atoms with Crippen molar-refractivity contribution < 1.29 is 0 Å². The molecule has 1 N–H and O–H groups in total. The fraction of sp³-hybridized carbons (Fsp3) is 1.00. The van der Waals surface area contributed by atoms with E-state index in [0.29, 0.717) is 0 Å². The second-order valence-corrected chi connectivity index (χ2v) is 6.76. The molecule has 2 rings (SSSR count). The molecule has 2 aliphatic rings. The molecule has 0 amide bonds. The summed E-state index contributed by atoms with van der Waals surface area (Å²) in [4.78, 5) is 2.49. The van der Waals surface area contributed by atoms with E-state index in [1.165, 1.54) is 57.9 Å². The van der Waals surface area contributed by atoms with Crippen molar-refractivity contribution >= 4 is 0 Å². The molecule has 1 aliphatic carbocycles. The largest absolute Gasteiger partial charge is 0.311 e. The van der Waals surface area contributed by atoms with Crippen LogP contribution in [-0.2, 0) is 0 Å². The zero-order chi connectivity index (χ0) is 13.0. The van der Waals surface area contributed by atoms with Crippen LogP contribution in [0.25, 0.3) is 0 Å². The lowest BCUT2D eigenvalue weighted by atomic mass is 9.90. The number of nitrogens with one attached hydrogen (secondary N) is 1. The first-order valence-electron chi connectivity index (χ1n) is 8.13. The van der Waals surface area contributed by atoms with Gasteiger partial charge < -0.3 is 10.2 Å². The molecule has 1 aliphatic heterocycles. The first-order valence-corrected chi connectivity index (χ1v) is 8.13. The summed E-state index contributed by atoms with van der Waals surface area (Å²) >= 11 is 0. The lowest BCUT2D eigenvalue weighted by molar-refractivity contribution is 0.155. The Bertz CT molecular complexity index is 233. The van der Waals surface area contributed by atoms with Crippen LogP contribution in [0.15, 0.2) is 0 Å². The Morgan fingerprint density at radius 3 is 2.33 bits per heavy atom. The number of piperidine rings is 1. The molecule has 0 aromatic carbocycles. The highest BCUT2D eigenvalue weighted by atomic mass is 15.1. The fourth-order valence-corrected chi connectivity index (χ4v) is 3.76. The lowest BCUT2D eigenvalue weighted by Gasteiger charge is -2.38. The van der Waals surface area contributed by atoms with Gasteiger partial charge in [-0.15, -0.1) is 0 Å². The summed E-state index contributed by atoms with van der Waals surface area (Å²) in [6.45, 7) is 6.05. The SMILES string of the molecule is CC1CC(N[C@@H](C)C2CCCCCC2)CCN1C. The van der Waals surface area contributed by atoms with Gasteiger partial charge in [0, 0.05) is 18.1 Å². The molecule has 0 aromatic heterocycles. The minimum Gasteiger partial charge on any atom is -0.311 e. The molecular formula is C16H32N2. The molecule has 3 atom stereocenters. The smallest absolute Gasteiger partial charge is 0.00966 e. The van der Waals surface area contributed by atoms with E-state index < -0.39 is 0 Å². The predicted octanol–water partition coefficient (Wildman–Crippen LogP) is 3.42. The van der Waals surface area contributed by atoms with Gasteiger partial charge in [0.15, 0.2) is 0 Å². The molecule has 1 saturated heterocycles. The van der Waals surface area contributed by atoms with Crippen LogP contribution >= 0.6 is 0 Å². The Morgan fingerprint density at radius 2 is 1.72 bits per heavy atom. The second-order valence-electron chi connectivity index (χ2n) is 6.76. The van der Waals surface area contributed by atoms with Crippen LogP contribution in [0.2, 0.25) is 0 Å². The minimum atomic E-state index is 0.726. The summed E-state index contributed by atoms with van der Waals surface area (Å²) < 4.78 is 0. The number of nitrogens with zero attached hydrogens (tertiary/aromatic N) is 1. The molecule has 0 aromatic rings. The van der Waals surface area contributed by atoms with E-state index in [4.69, 9.17) is 0 Å². The summed E-state index contributed by atoms with van der Waals surface area (Å²) in [7, 11) is 2.26. The van der Waals surface area contributed by atoms with Crippen LogP contribution in [0, 0.1) is 5.92 Å². The Labute approximate surface area is 114 Å². The molecule has 2 nitrogen and oxygen atoms in total. The average molecular weight is 252 g/mol. The summed E-state index contributed by atoms with van der Waals surface area (Å²) in [6.07, 6.45) is 11.4. The highest BCUT2D eigenvalue weighted by Gasteiger charge is 2.26. The number of hydrogen-bond acceptors (Lipinski definition) is 2. The Kier molecular flexibility index (Phi) is 5.50. The third-order valence-electron chi connectivity index (χ3n) is 5.31. The highest BCUT2D eigenvalue weighted by molar-refractivity contribution is 4.85. The van der Waals surface area contributed by atoms with Crippen molar-refractivity contribution in [2.75, 3.05) is 13.6 Å². The van der Waals surface area contributed by atoms with Crippen molar-refractivity contribution in [3.05, 3.63) is 0 Å². The zero-order valence-corrected chi connectivity index (χ0v) is 12.6. The Hall–Kier alpha value is -0.0800. The van der Waals surface area contributed by atoms with Crippen molar-refractivity contribution in [3.63, 3.8) is 0 Å². The minimum absolute atomic E-state index is 0.726. The van der Waals surface area contributed by atoms with Gasteiger partial charge in [0.1, 0.15) is 0 Å². The maximum atomic E-state index is 3.94. The number of rotatable bonds is 3. The van der Waals surface area contributed by atoms with Crippen LogP contribution in [0.1, 0.15) is 65.2 Å². The molecule has 1 heterocycles. The molecule has 0 bridgehead atoms. The first-order chi connectivity index (χ1) is 8.66. The highest BCUT2D eigenvalue weighted by Crippen LogP contribution is 2.26. The van der Waals surface area contributed by atoms with Crippen LogP contribution < -0.4 is 5.32 Å². The summed E-state index contributed by atoms with van der Waals surface area (Å²) in [5.74, 6) is 0.933. The van der Waals surface area contributed by atoms with Crippen molar-refractivity contribution in [2.45, 2.75) is 83.3 Å². The molecule has 18 heavy (non-hydrogen) atoms. The molecule has 2 unspecified atom stereocenters. The van der Waals surface area contributed by atoms with Gasteiger partial charge in [-0.1, -0.05) is 25.7 Å². The molecule has 2 heteroatoms. The van der Waals surface area contributed by atoms with Gasteiger partial charge in [-0.3, -0.25) is 0 Å². The van der Waals surface area contributed by atoms with Crippen LogP contribution in [0.5, 0.6) is 0 Å². The van der Waals surface area contributed by atoms with E-state index in [0.717, 1.165) is 24.0 Å². The summed E-state index contributed by atoms with van der Waals surface area (Å²) in [6, 6.07) is 2.23. The Balaban J connectivity index is 1.77. The van der Waals surface area contributed by atoms with E-state index in [-0.39, 0.29) is 0 Å². The quantitative estimate of drug-likeness (QED) is 0.774. The fourth-order valence-electron chi connectivity index (χ4n) is 3.76. The summed E-state index contributed by atoms with van der Waals surface area (Å²) in [5, 5.41) is 3.94. The molecule has 0 radical (unpaired) electrons. The maximum absolute atomic E-state index is 3.94. The molecular weight excluding hydrogens is 220 g/mol. The topological polar surface area (TPSA) is 15.3 Å². The normalized spacial score (nSPS) is 34.2. The van der Waals surface area contributed by atoms with Crippen molar-refractivity contribution in [1.82, 2.24) is 10.2 Å². The maximum Gasteiger partial charge on any atom is 0.00966 e. The van der Waals surface area contributed by atoms with Gasteiger partial charge in [-0.05, 0) is 59.0 Å². The van der Waals surface area contributed by atoms with E-state index in [1.54, 1.807) is 0 Å². The van der Waals surface area contributed by atoms with Crippen molar-refractivity contribution in [2.24, 2.45) is 5.92 Å². The van der Waals surface area contributed by atoms with Crippen LogP contribution in [-0.4, -0.2) is 36.6 Å². The van der Waals surface area contributed by atoms with Gasteiger partial charge in [0.2, 0.25) is 0 Å². The molecule has 1 saturated carbocycles. The lowest BCUT2D eigenvalue weighted by Crippen LogP contribution is -2.49. The van der Waals surface area contributed by atoms with Gasteiger partial charge in [-0.25, -0.2) is 0 Å². The van der Waals surface area contributed by atoms with Crippen LogP contribution in [0.4, 0.5) is 0 Å². The van der Waals surface area contributed by atoms with Gasteiger partial charge in [-0.2, -0.15) is 0 Å². The van der Waals surface area contributed by atoms with Gasteiger partial charge in [0.25, 0.3) is 0 Å².